The quantitative estimate of drug-likeness (QED) is 0.349. The summed E-state index contributed by atoms with van der Waals surface area (Å²) in [6.07, 6.45) is 5.86. The molecule has 0 bridgehead atoms. The third-order valence-corrected chi connectivity index (χ3v) is 6.43. The predicted octanol–water partition coefficient (Wildman–Crippen LogP) is 5.68. The standard InChI is InChI=1S/C23H27Br2NO3.ClH/c24-20-10-6-18(7-11-20)23(28,19-8-12-21(25)13-9-19)22(27)29-17-5-16-26-14-3-1-2-4-15-26;/h6-13,28H,1-5,14-17H2;1H. The topological polar surface area (TPSA) is 49.8 Å². The molecule has 3 rings (SSSR count). The van der Waals surface area contributed by atoms with Crippen molar-refractivity contribution in [1.29, 1.82) is 0 Å². The fourth-order valence-electron chi connectivity index (χ4n) is 3.70. The molecule has 0 saturated carbocycles. The number of hydrogen-bond acceptors (Lipinski definition) is 4. The Morgan fingerprint density at radius 2 is 1.37 bits per heavy atom. The van der Waals surface area contributed by atoms with Crippen LogP contribution in [0.2, 0.25) is 0 Å². The number of nitrogens with zero attached hydrogens (tertiary/aromatic N) is 1. The lowest BCUT2D eigenvalue weighted by Crippen LogP contribution is -2.39. The highest BCUT2D eigenvalue weighted by atomic mass is 79.9. The molecule has 2 aromatic carbocycles. The molecule has 0 spiro atoms. The second kappa shape index (κ2) is 12.2. The minimum Gasteiger partial charge on any atom is -0.463 e. The van der Waals surface area contributed by atoms with Crippen LogP contribution in [0.3, 0.4) is 0 Å². The number of ether oxygens (including phenoxy) is 1. The Hall–Kier alpha value is -0.920. The van der Waals surface area contributed by atoms with Crippen LogP contribution in [0.5, 0.6) is 0 Å². The minimum atomic E-state index is -1.84. The van der Waals surface area contributed by atoms with E-state index in [2.05, 4.69) is 36.8 Å². The number of carbonyl (C=O) groups is 1. The van der Waals surface area contributed by atoms with Crippen LogP contribution in [-0.2, 0) is 15.1 Å². The van der Waals surface area contributed by atoms with E-state index in [0.717, 1.165) is 35.0 Å². The molecule has 1 aliphatic rings. The summed E-state index contributed by atoms with van der Waals surface area (Å²) in [4.78, 5) is 15.5. The fourth-order valence-corrected chi connectivity index (χ4v) is 4.23. The van der Waals surface area contributed by atoms with Gasteiger partial charge in [0.05, 0.1) is 6.61 Å². The first-order chi connectivity index (χ1) is 14.0. The summed E-state index contributed by atoms with van der Waals surface area (Å²) in [5.74, 6) is -0.641. The van der Waals surface area contributed by atoms with Gasteiger partial charge in [0, 0.05) is 15.5 Å². The van der Waals surface area contributed by atoms with E-state index < -0.39 is 11.6 Å². The summed E-state index contributed by atoms with van der Waals surface area (Å²) in [7, 11) is 0. The zero-order valence-electron chi connectivity index (χ0n) is 16.9. The zero-order chi connectivity index (χ0) is 20.7. The van der Waals surface area contributed by atoms with E-state index in [-0.39, 0.29) is 12.4 Å². The Bertz CT molecular complexity index is 746. The molecule has 30 heavy (non-hydrogen) atoms. The van der Waals surface area contributed by atoms with Crippen LogP contribution in [0.25, 0.3) is 0 Å². The molecule has 1 N–H and O–H groups in total. The predicted molar refractivity (Wildman–Crippen MR) is 129 cm³/mol. The normalized spacial score (nSPS) is 15.2. The minimum absolute atomic E-state index is 0. The number of aliphatic hydroxyl groups is 1. The van der Waals surface area contributed by atoms with Crippen molar-refractivity contribution in [1.82, 2.24) is 4.90 Å². The monoisotopic (exact) mass is 559 g/mol. The van der Waals surface area contributed by atoms with Crippen LogP contribution in [0.1, 0.15) is 43.2 Å². The van der Waals surface area contributed by atoms with Crippen LogP contribution in [0, 0.1) is 0 Å². The molecule has 7 heteroatoms. The molecule has 1 fully saturated rings. The van der Waals surface area contributed by atoms with Crippen molar-refractivity contribution < 1.29 is 14.6 Å². The second-order valence-electron chi connectivity index (χ2n) is 7.47. The number of hydrogen-bond donors (Lipinski definition) is 1. The molecule has 1 heterocycles. The Balaban J connectivity index is 0.00000320. The van der Waals surface area contributed by atoms with Gasteiger partial charge in [0.2, 0.25) is 5.60 Å². The van der Waals surface area contributed by atoms with Crippen molar-refractivity contribution in [2.75, 3.05) is 26.2 Å². The second-order valence-corrected chi connectivity index (χ2v) is 9.30. The highest BCUT2D eigenvalue weighted by Crippen LogP contribution is 2.33. The summed E-state index contributed by atoms with van der Waals surface area (Å²) in [5, 5.41) is 11.5. The molecule has 1 aliphatic heterocycles. The first-order valence-electron chi connectivity index (χ1n) is 10.1. The van der Waals surface area contributed by atoms with E-state index >= 15 is 0 Å². The van der Waals surface area contributed by atoms with E-state index in [1.165, 1.54) is 25.7 Å². The van der Waals surface area contributed by atoms with Gasteiger partial charge in [-0.25, -0.2) is 4.79 Å². The third kappa shape index (κ3) is 6.54. The lowest BCUT2D eigenvalue weighted by molar-refractivity contribution is -0.162. The van der Waals surface area contributed by atoms with E-state index in [0.29, 0.717) is 17.7 Å². The van der Waals surface area contributed by atoms with E-state index in [1.54, 1.807) is 24.3 Å². The van der Waals surface area contributed by atoms with Gasteiger partial charge in [0.25, 0.3) is 0 Å². The van der Waals surface area contributed by atoms with E-state index in [9.17, 15) is 9.90 Å². The lowest BCUT2D eigenvalue weighted by Gasteiger charge is -2.27. The molecular formula is C23H28Br2ClNO3. The van der Waals surface area contributed by atoms with Gasteiger partial charge in [-0.15, -0.1) is 12.4 Å². The molecule has 0 aliphatic carbocycles. The van der Waals surface area contributed by atoms with Gasteiger partial charge in [-0.3, -0.25) is 0 Å². The highest BCUT2D eigenvalue weighted by molar-refractivity contribution is 9.10. The molecule has 2 aromatic rings. The average molecular weight is 562 g/mol. The van der Waals surface area contributed by atoms with Crippen LogP contribution >= 0.6 is 44.3 Å². The number of esters is 1. The number of rotatable bonds is 7. The van der Waals surface area contributed by atoms with Crippen LogP contribution in [-0.4, -0.2) is 42.2 Å². The number of carbonyl (C=O) groups excluding carboxylic acids is 1. The van der Waals surface area contributed by atoms with Crippen LogP contribution < -0.4 is 0 Å². The van der Waals surface area contributed by atoms with Crippen LogP contribution in [0.15, 0.2) is 57.5 Å². The molecular weight excluding hydrogens is 534 g/mol. The SMILES string of the molecule is Cl.O=C(OCCCN1CCCCCC1)C(O)(c1ccc(Br)cc1)c1ccc(Br)cc1. The van der Waals surface area contributed by atoms with Crippen molar-refractivity contribution in [3.63, 3.8) is 0 Å². The Kier molecular flexibility index (Phi) is 10.3. The Morgan fingerprint density at radius 3 is 1.83 bits per heavy atom. The molecule has 0 unspecified atom stereocenters. The lowest BCUT2D eigenvalue weighted by atomic mass is 9.86. The summed E-state index contributed by atoms with van der Waals surface area (Å²) in [6.45, 7) is 3.46. The van der Waals surface area contributed by atoms with Crippen LogP contribution in [0.4, 0.5) is 0 Å². The smallest absolute Gasteiger partial charge is 0.347 e. The van der Waals surface area contributed by atoms with E-state index in [1.807, 2.05) is 24.3 Å². The maximum absolute atomic E-state index is 13.0. The number of likely N-dealkylation sites (tertiary alicyclic amines) is 1. The largest absolute Gasteiger partial charge is 0.463 e. The van der Waals surface area contributed by atoms with Gasteiger partial charge in [0.15, 0.2) is 0 Å². The maximum atomic E-state index is 13.0. The molecule has 0 radical (unpaired) electrons. The van der Waals surface area contributed by atoms with Gasteiger partial charge in [-0.05, 0) is 67.7 Å². The molecule has 0 atom stereocenters. The summed E-state index contributed by atoms with van der Waals surface area (Å²) in [6, 6.07) is 14.2. The zero-order valence-corrected chi connectivity index (χ0v) is 20.8. The van der Waals surface area contributed by atoms with Gasteiger partial charge in [0.1, 0.15) is 0 Å². The average Bonchev–Trinajstić information content (AvgIpc) is 3.00. The molecule has 0 aromatic heterocycles. The van der Waals surface area contributed by atoms with Gasteiger partial charge >= 0.3 is 5.97 Å². The van der Waals surface area contributed by atoms with E-state index in [4.69, 9.17) is 4.74 Å². The molecule has 1 saturated heterocycles. The van der Waals surface area contributed by atoms with Crippen molar-refractivity contribution in [2.45, 2.75) is 37.7 Å². The number of benzene rings is 2. The Labute approximate surface area is 201 Å². The van der Waals surface area contributed by atoms with Gasteiger partial charge in [-0.1, -0.05) is 69.0 Å². The summed E-state index contributed by atoms with van der Waals surface area (Å²) >= 11 is 6.80. The number of halogens is 3. The first-order valence-corrected chi connectivity index (χ1v) is 11.7. The maximum Gasteiger partial charge on any atom is 0.347 e. The van der Waals surface area contributed by atoms with Crippen molar-refractivity contribution in [2.24, 2.45) is 0 Å². The highest BCUT2D eigenvalue weighted by Gasteiger charge is 2.41. The molecule has 4 nitrogen and oxygen atoms in total. The van der Waals surface area contributed by atoms with Crippen molar-refractivity contribution >= 4 is 50.2 Å². The van der Waals surface area contributed by atoms with Crippen molar-refractivity contribution in [3.8, 4) is 0 Å². The fraction of sp³-hybridized carbons (Fsp3) is 0.435. The van der Waals surface area contributed by atoms with Crippen molar-refractivity contribution in [3.05, 3.63) is 68.6 Å². The third-order valence-electron chi connectivity index (χ3n) is 5.37. The molecule has 164 valence electrons. The first kappa shape index (κ1) is 25.3. The Morgan fingerprint density at radius 1 is 0.900 bits per heavy atom. The van der Waals surface area contributed by atoms with Gasteiger partial charge in [-0.2, -0.15) is 0 Å². The molecule has 0 amide bonds. The van der Waals surface area contributed by atoms with Gasteiger partial charge < -0.3 is 14.7 Å². The summed E-state index contributed by atoms with van der Waals surface area (Å²) < 4.78 is 7.32. The summed E-state index contributed by atoms with van der Waals surface area (Å²) in [5.41, 5.74) is -0.870.